The van der Waals surface area contributed by atoms with E-state index in [9.17, 15) is 5.26 Å². The van der Waals surface area contributed by atoms with Crippen LogP contribution >= 0.6 is 0 Å². The van der Waals surface area contributed by atoms with Gasteiger partial charge in [-0.1, -0.05) is 6.07 Å². The molecule has 158 valence electrons. The maximum absolute atomic E-state index is 9.77. The van der Waals surface area contributed by atoms with E-state index in [4.69, 9.17) is 18.6 Å². The van der Waals surface area contributed by atoms with E-state index in [1.54, 1.807) is 14.0 Å². The van der Waals surface area contributed by atoms with Gasteiger partial charge in [-0.05, 0) is 24.6 Å². The molecule has 0 amide bonds. The summed E-state index contributed by atoms with van der Waals surface area (Å²) in [6, 6.07) is 8.09. The molecule has 1 atom stereocenters. The molecule has 4 rings (SSSR count). The van der Waals surface area contributed by atoms with E-state index in [0.717, 1.165) is 44.1 Å². The number of rotatable bonds is 6. The van der Waals surface area contributed by atoms with E-state index < -0.39 is 0 Å². The van der Waals surface area contributed by atoms with Crippen LogP contribution in [0.2, 0.25) is 0 Å². The van der Waals surface area contributed by atoms with Gasteiger partial charge in [-0.25, -0.2) is 4.98 Å². The average Bonchev–Trinajstić information content (AvgIpc) is 3.13. The van der Waals surface area contributed by atoms with Gasteiger partial charge in [0, 0.05) is 32.3 Å². The molecular weight excluding hydrogens is 384 g/mol. The first-order chi connectivity index (χ1) is 14.6. The molecule has 3 heterocycles. The topological polar surface area (TPSA) is 92.8 Å². The molecular formula is C22H26N4O4. The highest BCUT2D eigenvalue weighted by Gasteiger charge is 2.33. The van der Waals surface area contributed by atoms with Gasteiger partial charge in [-0.15, -0.1) is 0 Å². The molecule has 0 bridgehead atoms. The fraction of sp³-hybridized carbons (Fsp3) is 0.455. The summed E-state index contributed by atoms with van der Waals surface area (Å²) in [5.74, 6) is 2.13. The van der Waals surface area contributed by atoms with Gasteiger partial charge >= 0.3 is 0 Å². The molecule has 2 aliphatic heterocycles. The number of morpholine rings is 1. The summed E-state index contributed by atoms with van der Waals surface area (Å²) in [5, 5.41) is 12.9. The average molecular weight is 410 g/mol. The Morgan fingerprint density at radius 1 is 1.27 bits per heavy atom. The molecule has 1 fully saturated rings. The van der Waals surface area contributed by atoms with Crippen LogP contribution in [0.1, 0.15) is 30.0 Å². The number of aryl methyl sites for hydroxylation is 1. The number of hydrogen-bond acceptors (Lipinski definition) is 8. The number of nitrogens with zero attached hydrogens (tertiary/aromatic N) is 3. The molecule has 1 aromatic heterocycles. The van der Waals surface area contributed by atoms with Crippen molar-refractivity contribution in [3.8, 4) is 17.6 Å². The number of anilines is 1. The number of allylic oxidation sites excluding steroid dienone is 2. The zero-order chi connectivity index (χ0) is 21.1. The first-order valence-corrected chi connectivity index (χ1v) is 10.1. The lowest BCUT2D eigenvalue weighted by molar-refractivity contribution is 0.0321. The van der Waals surface area contributed by atoms with Crippen LogP contribution < -0.4 is 14.8 Å². The summed E-state index contributed by atoms with van der Waals surface area (Å²) in [7, 11) is 1.62. The van der Waals surface area contributed by atoms with Crippen molar-refractivity contribution in [2.45, 2.75) is 19.8 Å². The number of oxazole rings is 1. The minimum atomic E-state index is -0.319. The highest BCUT2D eigenvalue weighted by molar-refractivity contribution is 5.62. The Morgan fingerprint density at radius 2 is 2.07 bits per heavy atom. The van der Waals surface area contributed by atoms with Crippen LogP contribution in [-0.2, 0) is 4.74 Å². The predicted octanol–water partition coefficient (Wildman–Crippen LogP) is 3.06. The second-order valence-electron chi connectivity index (χ2n) is 7.37. The zero-order valence-electron chi connectivity index (χ0n) is 17.5. The molecule has 1 unspecified atom stereocenters. The van der Waals surface area contributed by atoms with Gasteiger partial charge < -0.3 is 23.9 Å². The van der Waals surface area contributed by atoms with Crippen LogP contribution in [0.5, 0.6) is 11.5 Å². The summed E-state index contributed by atoms with van der Waals surface area (Å²) in [6.07, 6.45) is 0. The fourth-order valence-electron chi connectivity index (χ4n) is 3.88. The lowest BCUT2D eigenvalue weighted by Crippen LogP contribution is -2.38. The van der Waals surface area contributed by atoms with Crippen LogP contribution in [0.25, 0.3) is 0 Å². The van der Waals surface area contributed by atoms with Gasteiger partial charge in [0.15, 0.2) is 17.4 Å². The summed E-state index contributed by atoms with van der Waals surface area (Å²) in [4.78, 5) is 6.84. The molecule has 0 aliphatic carbocycles. The normalized spacial score (nSPS) is 19.1. The van der Waals surface area contributed by atoms with E-state index in [0.29, 0.717) is 41.1 Å². The van der Waals surface area contributed by atoms with Gasteiger partial charge in [0.25, 0.3) is 0 Å². The number of nitriles is 1. The van der Waals surface area contributed by atoms with Gasteiger partial charge in [0.1, 0.15) is 12.3 Å². The van der Waals surface area contributed by atoms with E-state index >= 15 is 0 Å². The maximum atomic E-state index is 9.77. The van der Waals surface area contributed by atoms with Gasteiger partial charge in [-0.2, -0.15) is 5.26 Å². The lowest BCUT2D eigenvalue weighted by Gasteiger charge is -2.26. The molecule has 1 N–H and O–H groups in total. The number of methoxy groups -OCH3 is 1. The molecule has 8 heteroatoms. The maximum Gasteiger partial charge on any atom is 0.222 e. The monoisotopic (exact) mass is 410 g/mol. The van der Waals surface area contributed by atoms with Crippen molar-refractivity contribution in [2.75, 3.05) is 51.9 Å². The van der Waals surface area contributed by atoms with Crippen LogP contribution in [0.3, 0.4) is 0 Å². The quantitative estimate of drug-likeness (QED) is 0.777. The minimum Gasteiger partial charge on any atom is -0.493 e. The smallest absolute Gasteiger partial charge is 0.222 e. The summed E-state index contributed by atoms with van der Waals surface area (Å²) in [6.45, 7) is 8.46. The third-order valence-corrected chi connectivity index (χ3v) is 5.44. The van der Waals surface area contributed by atoms with Crippen molar-refractivity contribution in [3.05, 3.63) is 46.6 Å². The molecule has 2 aromatic rings. The van der Waals surface area contributed by atoms with Crippen molar-refractivity contribution in [1.29, 1.82) is 5.26 Å². The first kappa shape index (κ1) is 20.3. The van der Waals surface area contributed by atoms with Crippen LogP contribution in [-0.4, -0.2) is 56.4 Å². The Balaban J connectivity index is 1.56. The summed E-state index contributed by atoms with van der Waals surface area (Å²) in [5.41, 5.74) is 2.98. The van der Waals surface area contributed by atoms with Gasteiger partial charge in [0.2, 0.25) is 5.88 Å². The number of ether oxygens (including phenoxy) is 3. The highest BCUT2D eigenvalue weighted by Crippen LogP contribution is 2.43. The fourth-order valence-corrected chi connectivity index (χ4v) is 3.88. The number of nitrogens with one attached hydrogen (secondary N) is 1. The molecule has 30 heavy (non-hydrogen) atoms. The first-order valence-electron chi connectivity index (χ1n) is 10.1. The Bertz CT molecular complexity index is 986. The standard InChI is InChI=1S/C22H26N4O4/c1-14-17(13-23)20(21-22(24-14)30-15(2)25-21)16-4-5-18(19(12-16)27-3)29-11-8-26-6-9-28-10-7-26/h4-5,12,20,24H,6-11H2,1-3H3. The van der Waals surface area contributed by atoms with Crippen molar-refractivity contribution >= 4 is 5.88 Å². The number of hydrogen-bond donors (Lipinski definition) is 1. The predicted molar refractivity (Wildman–Crippen MR) is 111 cm³/mol. The Hall–Kier alpha value is -3.02. The van der Waals surface area contributed by atoms with Crippen molar-refractivity contribution < 1.29 is 18.6 Å². The van der Waals surface area contributed by atoms with E-state index in [2.05, 4.69) is 21.3 Å². The second-order valence-corrected chi connectivity index (χ2v) is 7.37. The van der Waals surface area contributed by atoms with E-state index in [-0.39, 0.29) is 5.92 Å². The molecule has 0 spiro atoms. The molecule has 1 aromatic carbocycles. The Morgan fingerprint density at radius 3 is 2.80 bits per heavy atom. The minimum absolute atomic E-state index is 0.319. The number of aromatic nitrogens is 1. The van der Waals surface area contributed by atoms with Crippen molar-refractivity contribution in [2.24, 2.45) is 0 Å². The number of fused-ring (bicyclic) bond motifs is 1. The Labute approximate surface area is 176 Å². The van der Waals surface area contributed by atoms with Crippen LogP contribution in [0, 0.1) is 18.3 Å². The highest BCUT2D eigenvalue weighted by atomic mass is 16.5. The van der Waals surface area contributed by atoms with Crippen molar-refractivity contribution in [1.82, 2.24) is 9.88 Å². The summed E-state index contributed by atoms with van der Waals surface area (Å²) < 4.78 is 22.6. The van der Waals surface area contributed by atoms with Gasteiger partial charge in [0.05, 0.1) is 37.9 Å². The Kier molecular flexibility index (Phi) is 5.93. The SMILES string of the molecule is COc1cc(C2C(C#N)=C(C)Nc3oc(C)nc32)ccc1OCCN1CCOCC1. The third kappa shape index (κ3) is 3.99. The third-order valence-electron chi connectivity index (χ3n) is 5.44. The molecule has 1 saturated heterocycles. The zero-order valence-corrected chi connectivity index (χ0v) is 17.5. The second kappa shape index (κ2) is 8.78. The van der Waals surface area contributed by atoms with E-state index in [1.807, 2.05) is 25.1 Å². The van der Waals surface area contributed by atoms with Crippen LogP contribution in [0.4, 0.5) is 5.88 Å². The number of benzene rings is 1. The van der Waals surface area contributed by atoms with Crippen molar-refractivity contribution in [3.63, 3.8) is 0 Å². The molecule has 0 radical (unpaired) electrons. The molecule has 0 saturated carbocycles. The lowest BCUT2D eigenvalue weighted by atomic mass is 9.85. The molecule has 8 nitrogen and oxygen atoms in total. The van der Waals surface area contributed by atoms with Gasteiger partial charge in [-0.3, -0.25) is 4.90 Å². The van der Waals surface area contributed by atoms with E-state index in [1.165, 1.54) is 0 Å². The molecule has 2 aliphatic rings. The van der Waals surface area contributed by atoms with Crippen LogP contribution in [0.15, 0.2) is 33.9 Å². The summed E-state index contributed by atoms with van der Waals surface area (Å²) >= 11 is 0. The largest absolute Gasteiger partial charge is 0.493 e.